The van der Waals surface area contributed by atoms with Crippen molar-refractivity contribution >= 4 is 17.2 Å². The number of aromatic nitrogens is 3. The van der Waals surface area contributed by atoms with Gasteiger partial charge in [0.25, 0.3) is 0 Å². The van der Waals surface area contributed by atoms with Gasteiger partial charge >= 0.3 is 6.01 Å². The van der Waals surface area contributed by atoms with Crippen LogP contribution in [0.3, 0.4) is 0 Å². The van der Waals surface area contributed by atoms with Crippen LogP contribution in [0, 0.1) is 11.8 Å². The number of carbonyl (C=O) groups is 1. The predicted octanol–water partition coefficient (Wildman–Crippen LogP) is 2.98. The highest BCUT2D eigenvalue weighted by Gasteiger charge is 2.04. The molecule has 2 aromatic heterocycles. The summed E-state index contributed by atoms with van der Waals surface area (Å²) in [6.07, 6.45) is 5.83. The third-order valence-corrected chi connectivity index (χ3v) is 4.50. The average Bonchev–Trinajstić information content (AvgIpc) is 3.20. The molecule has 3 aromatic rings. The number of thiazole rings is 1. The summed E-state index contributed by atoms with van der Waals surface area (Å²) >= 11 is 1.53. The minimum atomic E-state index is -0.0165. The van der Waals surface area contributed by atoms with E-state index in [1.807, 2.05) is 31.2 Å². The number of rotatable bonds is 6. The molecular formula is C21H20N4O2S. The molecule has 0 radical (unpaired) electrons. The van der Waals surface area contributed by atoms with Crippen LogP contribution in [0.15, 0.2) is 48.4 Å². The van der Waals surface area contributed by atoms with E-state index in [0.717, 1.165) is 22.4 Å². The van der Waals surface area contributed by atoms with Crippen molar-refractivity contribution in [3.8, 4) is 17.9 Å². The average molecular weight is 392 g/mol. The second-order valence-corrected chi connectivity index (χ2v) is 7.23. The molecule has 1 atom stereocenters. The van der Waals surface area contributed by atoms with Gasteiger partial charge in [0.05, 0.1) is 16.0 Å². The van der Waals surface area contributed by atoms with Gasteiger partial charge in [-0.05, 0) is 31.0 Å². The maximum Gasteiger partial charge on any atom is 0.316 e. The van der Waals surface area contributed by atoms with E-state index in [1.165, 1.54) is 18.3 Å². The Bertz CT molecular complexity index is 958. The lowest BCUT2D eigenvalue weighted by Gasteiger charge is -2.12. The van der Waals surface area contributed by atoms with E-state index < -0.39 is 0 Å². The van der Waals surface area contributed by atoms with Gasteiger partial charge in [0.15, 0.2) is 0 Å². The second-order valence-electron chi connectivity index (χ2n) is 6.26. The molecule has 0 aliphatic heterocycles. The van der Waals surface area contributed by atoms with Gasteiger partial charge in [-0.25, -0.2) is 9.97 Å². The van der Waals surface area contributed by atoms with Gasteiger partial charge in [0, 0.05) is 37.1 Å². The fourth-order valence-corrected chi connectivity index (χ4v) is 3.03. The molecule has 3 rings (SSSR count). The predicted molar refractivity (Wildman–Crippen MR) is 108 cm³/mol. The quantitative estimate of drug-likeness (QED) is 0.653. The van der Waals surface area contributed by atoms with Crippen molar-refractivity contribution in [3.63, 3.8) is 0 Å². The van der Waals surface area contributed by atoms with Crippen LogP contribution in [0.4, 0.5) is 0 Å². The van der Waals surface area contributed by atoms with Crippen LogP contribution in [-0.4, -0.2) is 26.9 Å². The number of hydrogen-bond acceptors (Lipinski definition) is 6. The van der Waals surface area contributed by atoms with Crippen LogP contribution in [0.2, 0.25) is 0 Å². The highest BCUT2D eigenvalue weighted by Crippen LogP contribution is 2.10. The molecule has 0 aliphatic carbocycles. The maximum absolute atomic E-state index is 11.1. The van der Waals surface area contributed by atoms with Gasteiger partial charge in [0.1, 0.15) is 6.61 Å². The summed E-state index contributed by atoms with van der Waals surface area (Å²) in [5.41, 5.74) is 4.53. The van der Waals surface area contributed by atoms with Crippen molar-refractivity contribution in [3.05, 3.63) is 69.9 Å². The van der Waals surface area contributed by atoms with Crippen molar-refractivity contribution in [1.82, 2.24) is 20.3 Å². The van der Waals surface area contributed by atoms with Crippen LogP contribution in [0.1, 0.15) is 35.4 Å². The fraction of sp³-hybridized carbons (Fsp3) is 0.238. The first-order chi connectivity index (χ1) is 13.6. The zero-order valence-corrected chi connectivity index (χ0v) is 16.5. The van der Waals surface area contributed by atoms with E-state index in [2.05, 4.69) is 32.1 Å². The second kappa shape index (κ2) is 9.62. The van der Waals surface area contributed by atoms with Gasteiger partial charge < -0.3 is 10.1 Å². The first-order valence-corrected chi connectivity index (χ1v) is 9.67. The molecule has 2 heterocycles. The Morgan fingerprint density at radius 2 is 1.86 bits per heavy atom. The lowest BCUT2D eigenvalue weighted by atomic mass is 10.1. The summed E-state index contributed by atoms with van der Waals surface area (Å²) in [5.74, 6) is 6.13. The fourth-order valence-electron chi connectivity index (χ4n) is 2.52. The molecule has 142 valence electrons. The first kappa shape index (κ1) is 19.5. The zero-order valence-electron chi connectivity index (χ0n) is 15.7. The van der Waals surface area contributed by atoms with E-state index >= 15 is 0 Å². The van der Waals surface area contributed by atoms with Gasteiger partial charge in [-0.15, -0.1) is 11.3 Å². The third-order valence-electron chi connectivity index (χ3n) is 3.75. The van der Waals surface area contributed by atoms with Gasteiger partial charge in [0.2, 0.25) is 5.91 Å². The highest BCUT2D eigenvalue weighted by molar-refractivity contribution is 7.09. The standard InChI is InChI=1S/C21H20N4O2S/c1-15(25-16(2)26)9-18-6-3-17(4-7-18)5-8-19-10-23-21(24-11-19)27-13-20-12-22-14-28-20/h3-4,6-7,10-12,14-15H,9,13H2,1-2H3,(H,25,26). The number of carbonyl (C=O) groups excluding carboxylic acids is 1. The van der Waals surface area contributed by atoms with Crippen LogP contribution in [-0.2, 0) is 17.8 Å². The summed E-state index contributed by atoms with van der Waals surface area (Å²) in [5, 5.41) is 2.88. The summed E-state index contributed by atoms with van der Waals surface area (Å²) in [6.45, 7) is 3.92. The Morgan fingerprint density at radius 3 is 2.50 bits per heavy atom. The summed E-state index contributed by atoms with van der Waals surface area (Å²) < 4.78 is 5.51. The van der Waals surface area contributed by atoms with Crippen molar-refractivity contribution in [2.24, 2.45) is 0 Å². The summed E-state index contributed by atoms with van der Waals surface area (Å²) in [7, 11) is 0. The lowest BCUT2D eigenvalue weighted by molar-refractivity contribution is -0.119. The molecule has 1 N–H and O–H groups in total. The topological polar surface area (TPSA) is 77.0 Å². The molecule has 1 unspecified atom stereocenters. The molecule has 0 saturated carbocycles. The van der Waals surface area contributed by atoms with Crippen molar-refractivity contribution in [2.75, 3.05) is 0 Å². The molecular weight excluding hydrogens is 372 g/mol. The molecule has 0 saturated heterocycles. The number of nitrogens with one attached hydrogen (secondary N) is 1. The molecule has 6 nitrogen and oxygen atoms in total. The van der Waals surface area contributed by atoms with Gasteiger partial charge in [-0.3, -0.25) is 9.78 Å². The van der Waals surface area contributed by atoms with Crippen LogP contribution >= 0.6 is 11.3 Å². The van der Waals surface area contributed by atoms with E-state index in [1.54, 1.807) is 24.1 Å². The SMILES string of the molecule is CC(=O)NC(C)Cc1ccc(C#Cc2cnc(OCc3cncs3)nc2)cc1. The Hall–Kier alpha value is -3.24. The number of benzene rings is 1. The minimum Gasteiger partial charge on any atom is -0.458 e. The van der Waals surface area contributed by atoms with Crippen molar-refractivity contribution in [2.45, 2.75) is 32.9 Å². The van der Waals surface area contributed by atoms with Gasteiger partial charge in [-0.1, -0.05) is 24.0 Å². The Kier molecular flexibility index (Phi) is 6.71. The zero-order chi connectivity index (χ0) is 19.8. The van der Waals surface area contributed by atoms with E-state index in [0.29, 0.717) is 18.2 Å². The van der Waals surface area contributed by atoms with Crippen LogP contribution in [0.25, 0.3) is 0 Å². The monoisotopic (exact) mass is 392 g/mol. The third kappa shape index (κ3) is 6.18. The molecule has 7 heteroatoms. The first-order valence-electron chi connectivity index (χ1n) is 8.79. The number of nitrogens with zero attached hydrogens (tertiary/aromatic N) is 3. The van der Waals surface area contributed by atoms with Gasteiger partial charge in [-0.2, -0.15) is 0 Å². The summed E-state index contributed by atoms with van der Waals surface area (Å²) in [4.78, 5) is 24.4. The van der Waals surface area contributed by atoms with Crippen molar-refractivity contribution in [1.29, 1.82) is 0 Å². The van der Waals surface area contributed by atoms with Crippen molar-refractivity contribution < 1.29 is 9.53 Å². The molecule has 28 heavy (non-hydrogen) atoms. The van der Waals surface area contributed by atoms with E-state index in [4.69, 9.17) is 4.74 Å². The molecule has 1 amide bonds. The van der Waals surface area contributed by atoms with Crippen LogP contribution < -0.4 is 10.1 Å². The number of amides is 1. The van der Waals surface area contributed by atoms with E-state index in [-0.39, 0.29) is 11.9 Å². The van der Waals surface area contributed by atoms with Crippen LogP contribution in [0.5, 0.6) is 6.01 Å². The smallest absolute Gasteiger partial charge is 0.316 e. The normalized spacial score (nSPS) is 11.2. The molecule has 0 spiro atoms. The summed E-state index contributed by atoms with van der Waals surface area (Å²) in [6, 6.07) is 8.40. The Labute approximate surface area is 168 Å². The number of ether oxygens (including phenoxy) is 1. The Morgan fingerprint density at radius 1 is 1.14 bits per heavy atom. The molecule has 0 bridgehead atoms. The molecule has 0 fully saturated rings. The Balaban J connectivity index is 1.54. The minimum absolute atomic E-state index is 0.0165. The highest BCUT2D eigenvalue weighted by atomic mass is 32.1. The molecule has 1 aromatic carbocycles. The maximum atomic E-state index is 11.1. The lowest BCUT2D eigenvalue weighted by Crippen LogP contribution is -2.31. The largest absolute Gasteiger partial charge is 0.458 e. The number of hydrogen-bond donors (Lipinski definition) is 1. The van der Waals surface area contributed by atoms with E-state index in [9.17, 15) is 4.79 Å². The molecule has 0 aliphatic rings.